The van der Waals surface area contributed by atoms with E-state index in [9.17, 15) is 14.7 Å². The Morgan fingerprint density at radius 1 is 1.27 bits per heavy atom. The number of ether oxygens (including phenoxy) is 2. The molecule has 1 aliphatic heterocycles. The summed E-state index contributed by atoms with van der Waals surface area (Å²) in [5.41, 5.74) is -0.659. The van der Waals surface area contributed by atoms with E-state index in [2.05, 4.69) is 0 Å². The third-order valence-electron chi connectivity index (χ3n) is 4.01. The highest BCUT2D eigenvalue weighted by molar-refractivity contribution is 5.86. The summed E-state index contributed by atoms with van der Waals surface area (Å²) < 4.78 is 11.0. The van der Waals surface area contributed by atoms with Crippen LogP contribution in [-0.4, -0.2) is 71.4 Å². The lowest BCUT2D eigenvalue weighted by atomic mass is 10.1. The normalized spacial score (nSPS) is 20.0. The van der Waals surface area contributed by atoms with E-state index < -0.39 is 23.8 Å². The van der Waals surface area contributed by atoms with Crippen LogP contribution in [0.5, 0.6) is 5.75 Å². The molecule has 1 aromatic carbocycles. The molecule has 1 fully saturated rings. The minimum atomic E-state index is -0.731. The number of hydrogen-bond donors (Lipinski definition) is 1. The lowest BCUT2D eigenvalue weighted by Gasteiger charge is -2.30. The largest absolute Gasteiger partial charge is 0.492 e. The second-order valence-corrected chi connectivity index (χ2v) is 7.46. The van der Waals surface area contributed by atoms with E-state index in [-0.39, 0.29) is 18.9 Å². The van der Waals surface area contributed by atoms with Gasteiger partial charge in [0.2, 0.25) is 5.91 Å². The number of para-hydroxylation sites is 1. The lowest BCUT2D eigenvalue weighted by Crippen LogP contribution is -2.48. The van der Waals surface area contributed by atoms with E-state index in [0.29, 0.717) is 13.2 Å². The van der Waals surface area contributed by atoms with Crippen molar-refractivity contribution in [3.05, 3.63) is 30.3 Å². The minimum Gasteiger partial charge on any atom is -0.492 e. The number of likely N-dealkylation sites (tertiary alicyclic amines) is 1. The number of aliphatic hydroxyl groups is 1. The van der Waals surface area contributed by atoms with Crippen molar-refractivity contribution in [3.63, 3.8) is 0 Å². The van der Waals surface area contributed by atoms with Gasteiger partial charge in [-0.2, -0.15) is 0 Å². The molecular formula is C19H28N2O5. The second kappa shape index (κ2) is 8.40. The van der Waals surface area contributed by atoms with Gasteiger partial charge < -0.3 is 19.5 Å². The summed E-state index contributed by atoms with van der Waals surface area (Å²) in [6.45, 7) is 6.11. The Hall–Kier alpha value is -2.28. The summed E-state index contributed by atoms with van der Waals surface area (Å²) in [6.07, 6.45) is -1.10. The van der Waals surface area contributed by atoms with E-state index in [1.165, 1.54) is 9.80 Å². The molecule has 26 heavy (non-hydrogen) atoms. The Kier molecular flexibility index (Phi) is 6.47. The highest BCUT2D eigenvalue weighted by Crippen LogP contribution is 2.22. The van der Waals surface area contributed by atoms with Crippen molar-refractivity contribution in [2.75, 3.05) is 26.7 Å². The van der Waals surface area contributed by atoms with Crippen molar-refractivity contribution in [2.45, 2.75) is 44.9 Å². The van der Waals surface area contributed by atoms with Crippen LogP contribution in [0.2, 0.25) is 0 Å². The lowest BCUT2D eigenvalue weighted by molar-refractivity contribution is -0.135. The Morgan fingerprint density at radius 2 is 1.92 bits per heavy atom. The molecule has 2 atom stereocenters. The van der Waals surface area contributed by atoms with Crippen molar-refractivity contribution in [3.8, 4) is 5.75 Å². The second-order valence-electron chi connectivity index (χ2n) is 7.46. The summed E-state index contributed by atoms with van der Waals surface area (Å²) in [4.78, 5) is 27.9. The maximum Gasteiger partial charge on any atom is 0.411 e. The summed E-state index contributed by atoms with van der Waals surface area (Å²) in [5.74, 6) is 0.504. The number of benzene rings is 1. The summed E-state index contributed by atoms with van der Waals surface area (Å²) in [7, 11) is 1.66. The van der Waals surface area contributed by atoms with Crippen LogP contribution in [0, 0.1) is 0 Å². The van der Waals surface area contributed by atoms with E-state index in [1.54, 1.807) is 27.8 Å². The van der Waals surface area contributed by atoms with Gasteiger partial charge in [-0.15, -0.1) is 0 Å². The van der Waals surface area contributed by atoms with Crippen LogP contribution < -0.4 is 4.74 Å². The first-order chi connectivity index (χ1) is 12.2. The van der Waals surface area contributed by atoms with Gasteiger partial charge in [0.1, 0.15) is 24.0 Å². The van der Waals surface area contributed by atoms with Crippen LogP contribution in [-0.2, 0) is 9.53 Å². The molecule has 0 radical (unpaired) electrons. The Morgan fingerprint density at radius 3 is 2.54 bits per heavy atom. The number of carbonyl (C=O) groups is 2. The molecule has 0 saturated carbocycles. The van der Waals surface area contributed by atoms with Gasteiger partial charge in [-0.25, -0.2) is 4.79 Å². The van der Waals surface area contributed by atoms with Crippen LogP contribution in [0.4, 0.5) is 4.79 Å². The summed E-state index contributed by atoms with van der Waals surface area (Å²) >= 11 is 0. The van der Waals surface area contributed by atoms with Gasteiger partial charge in [0.15, 0.2) is 0 Å². The molecular weight excluding hydrogens is 336 g/mol. The molecule has 0 aromatic heterocycles. The van der Waals surface area contributed by atoms with Crippen molar-refractivity contribution >= 4 is 12.0 Å². The molecule has 2 amide bonds. The number of rotatable bonds is 5. The molecule has 2 unspecified atom stereocenters. The zero-order chi connectivity index (χ0) is 19.3. The van der Waals surface area contributed by atoms with Gasteiger partial charge in [-0.3, -0.25) is 9.69 Å². The van der Waals surface area contributed by atoms with Gasteiger partial charge in [0.05, 0.1) is 19.2 Å². The third-order valence-corrected chi connectivity index (χ3v) is 4.01. The Labute approximate surface area is 154 Å². The average molecular weight is 364 g/mol. The van der Waals surface area contributed by atoms with E-state index in [4.69, 9.17) is 9.47 Å². The average Bonchev–Trinajstić information content (AvgIpc) is 2.95. The smallest absolute Gasteiger partial charge is 0.411 e. The molecule has 1 heterocycles. The molecule has 1 aromatic rings. The van der Waals surface area contributed by atoms with Crippen LogP contribution >= 0.6 is 0 Å². The van der Waals surface area contributed by atoms with Gasteiger partial charge in [-0.05, 0) is 32.9 Å². The predicted octanol–water partition coefficient (Wildman–Crippen LogP) is 1.89. The zero-order valence-corrected chi connectivity index (χ0v) is 15.8. The van der Waals surface area contributed by atoms with E-state index in [0.717, 1.165) is 5.75 Å². The van der Waals surface area contributed by atoms with Crippen molar-refractivity contribution in [1.82, 2.24) is 9.80 Å². The number of aliphatic hydroxyl groups excluding tert-OH is 1. The number of β-amino-alcohol motifs (C(OH)–C–C–N with tert-alkyl or cyclic N) is 1. The van der Waals surface area contributed by atoms with Gasteiger partial charge >= 0.3 is 6.09 Å². The number of hydrogen-bond acceptors (Lipinski definition) is 5. The predicted molar refractivity (Wildman–Crippen MR) is 96.9 cm³/mol. The maximum absolute atomic E-state index is 12.7. The molecule has 144 valence electrons. The monoisotopic (exact) mass is 364 g/mol. The number of nitrogens with zero attached hydrogens (tertiary/aromatic N) is 2. The maximum atomic E-state index is 12.7. The number of amides is 2. The van der Waals surface area contributed by atoms with Crippen LogP contribution in [0.15, 0.2) is 30.3 Å². The molecule has 1 N–H and O–H groups in total. The topological polar surface area (TPSA) is 79.3 Å². The van der Waals surface area contributed by atoms with Crippen molar-refractivity contribution in [1.29, 1.82) is 0 Å². The minimum absolute atomic E-state index is 0.0969. The highest BCUT2D eigenvalue weighted by Gasteiger charge is 2.41. The fourth-order valence-electron chi connectivity index (χ4n) is 2.75. The molecule has 0 bridgehead atoms. The highest BCUT2D eigenvalue weighted by atomic mass is 16.6. The quantitative estimate of drug-likeness (QED) is 0.863. The van der Waals surface area contributed by atoms with E-state index in [1.807, 2.05) is 30.3 Å². The Balaban J connectivity index is 1.91. The molecule has 0 aliphatic carbocycles. The van der Waals surface area contributed by atoms with Crippen molar-refractivity contribution < 1.29 is 24.2 Å². The molecule has 2 rings (SSSR count). The number of carbonyl (C=O) groups excluding carboxylic acids is 2. The Bertz CT molecular complexity index is 614. The standard InChI is InChI=1S/C19H28N2O5/c1-19(2,3)26-18(24)21-13-14(22)12-16(21)17(23)20(4)10-11-25-15-8-6-5-7-9-15/h5-9,14,16,22H,10-13H2,1-4H3. The molecule has 7 nitrogen and oxygen atoms in total. The van der Waals surface area contributed by atoms with Crippen molar-refractivity contribution in [2.24, 2.45) is 0 Å². The van der Waals surface area contributed by atoms with Crippen LogP contribution in [0.3, 0.4) is 0 Å². The van der Waals surface area contributed by atoms with Gasteiger partial charge in [0, 0.05) is 13.5 Å². The first-order valence-corrected chi connectivity index (χ1v) is 8.78. The van der Waals surface area contributed by atoms with Gasteiger partial charge in [-0.1, -0.05) is 18.2 Å². The molecule has 7 heteroatoms. The van der Waals surface area contributed by atoms with Gasteiger partial charge in [0.25, 0.3) is 0 Å². The zero-order valence-electron chi connectivity index (χ0n) is 15.8. The summed E-state index contributed by atoms with van der Waals surface area (Å²) in [6, 6.07) is 8.63. The van der Waals surface area contributed by atoms with Crippen LogP contribution in [0.1, 0.15) is 27.2 Å². The molecule has 0 spiro atoms. The fourth-order valence-corrected chi connectivity index (χ4v) is 2.75. The fraction of sp³-hybridized carbons (Fsp3) is 0.579. The van der Waals surface area contributed by atoms with E-state index >= 15 is 0 Å². The number of likely N-dealkylation sites (N-methyl/N-ethyl adjacent to an activating group) is 1. The first kappa shape index (κ1) is 20.0. The SMILES string of the molecule is CN(CCOc1ccccc1)C(=O)C1CC(O)CN1C(=O)OC(C)(C)C. The summed E-state index contributed by atoms with van der Waals surface area (Å²) in [5, 5.41) is 9.93. The first-order valence-electron chi connectivity index (χ1n) is 8.78. The molecule has 1 saturated heterocycles. The third kappa shape index (κ3) is 5.62. The molecule has 1 aliphatic rings. The van der Waals surface area contributed by atoms with Crippen LogP contribution in [0.25, 0.3) is 0 Å².